The van der Waals surface area contributed by atoms with Crippen LogP contribution in [-0.2, 0) is 30.3 Å². The summed E-state index contributed by atoms with van der Waals surface area (Å²) in [7, 11) is 0. The van der Waals surface area contributed by atoms with Gasteiger partial charge in [0, 0.05) is 17.0 Å². The summed E-state index contributed by atoms with van der Waals surface area (Å²) in [6, 6.07) is 13.7. The second kappa shape index (κ2) is 11.2. The van der Waals surface area contributed by atoms with Gasteiger partial charge in [0.2, 0.25) is 11.8 Å². The van der Waals surface area contributed by atoms with Gasteiger partial charge in [0.05, 0.1) is 11.8 Å². The molecule has 0 spiro atoms. The molecule has 36 heavy (non-hydrogen) atoms. The number of rotatable bonds is 7. The van der Waals surface area contributed by atoms with Crippen LogP contribution < -0.4 is 10.9 Å². The highest BCUT2D eigenvalue weighted by Gasteiger charge is 2.51. The van der Waals surface area contributed by atoms with E-state index in [1.54, 1.807) is 24.3 Å². The Bertz CT molecular complexity index is 1170. The van der Waals surface area contributed by atoms with E-state index in [2.05, 4.69) is 10.9 Å². The first-order valence-corrected chi connectivity index (χ1v) is 11.8. The van der Waals surface area contributed by atoms with E-state index in [0.29, 0.717) is 17.9 Å². The number of nitrogens with one attached hydrogen (secondary N) is 2. The molecule has 2 aromatic rings. The lowest BCUT2D eigenvalue weighted by Gasteiger charge is -2.25. The number of esters is 1. The molecule has 1 aliphatic carbocycles. The molecular weight excluding hydrogens is 486 g/mol. The first kappa shape index (κ1) is 25.1. The van der Waals surface area contributed by atoms with Crippen LogP contribution in [0.25, 0.3) is 0 Å². The van der Waals surface area contributed by atoms with Crippen LogP contribution in [0.3, 0.4) is 0 Å². The molecule has 4 rings (SSSR count). The van der Waals surface area contributed by atoms with E-state index in [1.807, 2.05) is 18.2 Å². The van der Waals surface area contributed by atoms with Crippen LogP contribution in [0.5, 0.6) is 0 Å². The molecule has 2 aromatic carbocycles. The Labute approximate surface area is 212 Å². The maximum absolute atomic E-state index is 13.1. The van der Waals surface area contributed by atoms with Crippen LogP contribution >= 0.6 is 11.6 Å². The molecule has 2 N–H and O–H groups in total. The molecule has 0 radical (unpaired) electrons. The van der Waals surface area contributed by atoms with Gasteiger partial charge in [0.1, 0.15) is 6.04 Å². The maximum atomic E-state index is 13.1. The minimum Gasteiger partial charge on any atom is -0.454 e. The van der Waals surface area contributed by atoms with Crippen molar-refractivity contribution in [1.82, 2.24) is 15.8 Å². The molecule has 4 amide bonds. The lowest BCUT2D eigenvalue weighted by Crippen LogP contribution is -2.49. The van der Waals surface area contributed by atoms with E-state index in [0.717, 1.165) is 10.5 Å². The van der Waals surface area contributed by atoms with Crippen LogP contribution in [0.4, 0.5) is 0 Å². The summed E-state index contributed by atoms with van der Waals surface area (Å²) < 4.78 is 5.17. The molecule has 2 aliphatic rings. The zero-order chi connectivity index (χ0) is 25.7. The number of hydrazine groups is 1. The van der Waals surface area contributed by atoms with Crippen molar-refractivity contribution in [2.45, 2.75) is 25.3 Å². The molecule has 186 valence electrons. The smallest absolute Gasteiger partial charge is 0.330 e. The highest BCUT2D eigenvalue weighted by molar-refractivity contribution is 6.30. The van der Waals surface area contributed by atoms with E-state index in [-0.39, 0.29) is 12.0 Å². The Morgan fingerprint density at radius 1 is 0.917 bits per heavy atom. The van der Waals surface area contributed by atoms with Gasteiger partial charge in [-0.2, -0.15) is 0 Å². The van der Waals surface area contributed by atoms with Crippen molar-refractivity contribution in [2.75, 3.05) is 6.61 Å². The summed E-state index contributed by atoms with van der Waals surface area (Å²) >= 11 is 5.79. The predicted molar refractivity (Wildman–Crippen MR) is 129 cm³/mol. The number of carbonyl (C=O) groups is 5. The first-order chi connectivity index (χ1) is 17.3. The number of allylic oxidation sites excluding steroid dienone is 2. The van der Waals surface area contributed by atoms with Gasteiger partial charge in [-0.15, -0.1) is 0 Å². The Morgan fingerprint density at radius 3 is 2.14 bits per heavy atom. The summed E-state index contributed by atoms with van der Waals surface area (Å²) in [6.07, 6.45) is 4.66. The molecule has 10 heteroatoms. The number of likely N-dealkylation sites (tertiary alicyclic amines) is 1. The average molecular weight is 510 g/mol. The molecule has 0 saturated carbocycles. The van der Waals surface area contributed by atoms with Gasteiger partial charge >= 0.3 is 5.97 Å². The maximum Gasteiger partial charge on any atom is 0.330 e. The highest BCUT2D eigenvalue weighted by Crippen LogP contribution is 2.36. The quantitative estimate of drug-likeness (QED) is 0.255. The van der Waals surface area contributed by atoms with Crippen LogP contribution in [0.2, 0.25) is 5.02 Å². The minimum absolute atomic E-state index is 0.0545. The average Bonchev–Trinajstić information content (AvgIpc) is 3.15. The molecule has 1 aliphatic heterocycles. The highest BCUT2D eigenvalue weighted by atomic mass is 35.5. The fraction of sp³-hybridized carbons (Fsp3) is 0.269. The number of hydrogen-bond acceptors (Lipinski definition) is 6. The standard InChI is InChI=1S/C26H24ClN3O6/c27-18-12-10-17(11-13-18)23(32)29-28-22(31)15-36-26(35)21(14-16-6-2-1-3-7-16)30-24(33)19-8-4-5-9-20(19)25(30)34/h1-7,10-13,19-21H,8-9,14-15H2,(H,28,31)(H,29,32)/t19-,20-,21+/m1/s1. The molecule has 0 unspecified atom stereocenters. The van der Waals surface area contributed by atoms with Crippen molar-refractivity contribution in [1.29, 1.82) is 0 Å². The summed E-state index contributed by atoms with van der Waals surface area (Å²) in [6.45, 7) is -0.713. The van der Waals surface area contributed by atoms with E-state index in [9.17, 15) is 24.0 Å². The molecule has 1 saturated heterocycles. The zero-order valence-electron chi connectivity index (χ0n) is 19.2. The number of ether oxygens (including phenoxy) is 1. The van der Waals surface area contributed by atoms with Gasteiger partial charge in [-0.25, -0.2) is 4.79 Å². The number of hydrogen-bond donors (Lipinski definition) is 2. The van der Waals surface area contributed by atoms with Gasteiger partial charge in [-0.05, 0) is 42.7 Å². The molecule has 0 aromatic heterocycles. The normalized spacial score (nSPS) is 19.4. The third kappa shape index (κ3) is 5.63. The number of nitrogens with zero attached hydrogens (tertiary/aromatic N) is 1. The van der Waals surface area contributed by atoms with Crippen molar-refractivity contribution in [2.24, 2.45) is 11.8 Å². The number of amides is 4. The molecule has 1 heterocycles. The van der Waals surface area contributed by atoms with Gasteiger partial charge in [-0.3, -0.25) is 34.9 Å². The van der Waals surface area contributed by atoms with Gasteiger partial charge in [-0.1, -0.05) is 54.1 Å². The summed E-state index contributed by atoms with van der Waals surface area (Å²) in [5.74, 6) is -4.08. The fourth-order valence-electron chi connectivity index (χ4n) is 4.32. The SMILES string of the molecule is O=C(COC(=O)[C@H](Cc1ccccc1)N1C(=O)[C@@H]2CC=CC[C@H]2C1=O)NNC(=O)c1ccc(Cl)cc1. The van der Waals surface area contributed by atoms with Gasteiger partial charge in [0.25, 0.3) is 11.8 Å². The molecular formula is C26H24ClN3O6. The van der Waals surface area contributed by atoms with Crippen LogP contribution in [0, 0.1) is 11.8 Å². The van der Waals surface area contributed by atoms with Crippen LogP contribution in [0.1, 0.15) is 28.8 Å². The van der Waals surface area contributed by atoms with Crippen LogP contribution in [0.15, 0.2) is 66.7 Å². The lowest BCUT2D eigenvalue weighted by molar-refractivity contribution is -0.160. The summed E-state index contributed by atoms with van der Waals surface area (Å²) in [5, 5.41) is 0.457. The molecule has 3 atom stereocenters. The topological polar surface area (TPSA) is 122 Å². The lowest BCUT2D eigenvalue weighted by atomic mass is 9.85. The van der Waals surface area contributed by atoms with Gasteiger partial charge < -0.3 is 4.74 Å². The third-order valence-corrected chi connectivity index (χ3v) is 6.42. The van der Waals surface area contributed by atoms with Crippen molar-refractivity contribution in [3.05, 3.63) is 82.9 Å². The Morgan fingerprint density at radius 2 is 1.53 bits per heavy atom. The number of imide groups is 1. The Kier molecular flexibility index (Phi) is 7.80. The van der Waals surface area contributed by atoms with E-state index in [4.69, 9.17) is 16.3 Å². The summed E-state index contributed by atoms with van der Waals surface area (Å²) in [5.41, 5.74) is 5.37. The summed E-state index contributed by atoms with van der Waals surface area (Å²) in [4.78, 5) is 64.5. The molecule has 9 nitrogen and oxygen atoms in total. The minimum atomic E-state index is -1.21. The van der Waals surface area contributed by atoms with Crippen molar-refractivity contribution in [3.8, 4) is 0 Å². The predicted octanol–water partition coefficient (Wildman–Crippen LogP) is 2.21. The monoisotopic (exact) mass is 509 g/mol. The number of carbonyl (C=O) groups excluding carboxylic acids is 5. The van der Waals surface area contributed by atoms with Crippen molar-refractivity contribution >= 4 is 41.2 Å². The molecule has 1 fully saturated rings. The van der Waals surface area contributed by atoms with E-state index >= 15 is 0 Å². The first-order valence-electron chi connectivity index (χ1n) is 11.4. The van der Waals surface area contributed by atoms with Gasteiger partial charge in [0.15, 0.2) is 6.61 Å². The Hall–Kier alpha value is -3.98. The number of fused-ring (bicyclic) bond motifs is 1. The number of halogens is 1. The largest absolute Gasteiger partial charge is 0.454 e. The molecule has 0 bridgehead atoms. The second-order valence-corrected chi connectivity index (χ2v) is 8.96. The van der Waals surface area contributed by atoms with E-state index < -0.39 is 54.1 Å². The van der Waals surface area contributed by atoms with Crippen molar-refractivity contribution < 1.29 is 28.7 Å². The zero-order valence-corrected chi connectivity index (χ0v) is 19.9. The third-order valence-electron chi connectivity index (χ3n) is 6.16. The second-order valence-electron chi connectivity index (χ2n) is 8.52. The fourth-order valence-corrected chi connectivity index (χ4v) is 4.45. The van der Waals surface area contributed by atoms with Crippen LogP contribution in [-0.4, -0.2) is 47.1 Å². The number of benzene rings is 2. The van der Waals surface area contributed by atoms with Crippen molar-refractivity contribution in [3.63, 3.8) is 0 Å². The van der Waals surface area contributed by atoms with E-state index in [1.165, 1.54) is 24.3 Å². The Balaban J connectivity index is 1.40.